The summed E-state index contributed by atoms with van der Waals surface area (Å²) in [6.45, 7) is 8.16. The van der Waals surface area contributed by atoms with Crippen molar-refractivity contribution in [2.45, 2.75) is 27.3 Å². The lowest BCUT2D eigenvalue weighted by Crippen LogP contribution is -2.24. The highest BCUT2D eigenvalue weighted by atomic mass is 16.5. The van der Waals surface area contributed by atoms with E-state index in [4.69, 9.17) is 4.52 Å². The molecule has 3 rings (SSSR count). The first kappa shape index (κ1) is 18.6. The summed E-state index contributed by atoms with van der Waals surface area (Å²) in [7, 11) is 0. The van der Waals surface area contributed by atoms with Crippen molar-refractivity contribution < 1.29 is 9.32 Å². The molecule has 0 spiro atoms. The first-order valence-corrected chi connectivity index (χ1v) is 9.13. The van der Waals surface area contributed by atoms with Crippen LogP contribution in [0.15, 0.2) is 53.2 Å². The molecule has 6 heteroatoms. The van der Waals surface area contributed by atoms with Gasteiger partial charge in [0.15, 0.2) is 0 Å². The van der Waals surface area contributed by atoms with Crippen molar-refractivity contribution in [2.24, 2.45) is 0 Å². The fourth-order valence-corrected chi connectivity index (χ4v) is 2.96. The number of rotatable bonds is 7. The van der Waals surface area contributed by atoms with Crippen LogP contribution in [0.25, 0.3) is 11.3 Å². The molecule has 0 aliphatic heterocycles. The Bertz CT molecular complexity index is 884. The SMILES string of the molecule is CCN(CC)c1ccc(CNC(=O)c2c(-c3ccccc3)noc2C)cn1. The Labute approximate surface area is 159 Å². The van der Waals surface area contributed by atoms with Crippen molar-refractivity contribution in [1.29, 1.82) is 0 Å². The van der Waals surface area contributed by atoms with Crippen molar-refractivity contribution in [3.05, 3.63) is 65.5 Å². The number of carbonyl (C=O) groups excluding carboxylic acids is 1. The lowest BCUT2D eigenvalue weighted by atomic mass is 10.1. The fraction of sp³-hybridized carbons (Fsp3) is 0.286. The lowest BCUT2D eigenvalue weighted by Gasteiger charge is -2.19. The van der Waals surface area contributed by atoms with Gasteiger partial charge in [-0.1, -0.05) is 41.6 Å². The van der Waals surface area contributed by atoms with Gasteiger partial charge in [0.1, 0.15) is 22.8 Å². The van der Waals surface area contributed by atoms with E-state index >= 15 is 0 Å². The minimum atomic E-state index is -0.208. The fourth-order valence-electron chi connectivity index (χ4n) is 2.96. The van der Waals surface area contributed by atoms with Gasteiger partial charge in [-0.2, -0.15) is 0 Å². The Balaban J connectivity index is 1.71. The van der Waals surface area contributed by atoms with Crippen molar-refractivity contribution in [2.75, 3.05) is 18.0 Å². The maximum atomic E-state index is 12.7. The molecular weight excluding hydrogens is 340 g/mol. The van der Waals surface area contributed by atoms with Crippen LogP contribution in [0, 0.1) is 6.92 Å². The van der Waals surface area contributed by atoms with Gasteiger partial charge in [-0.05, 0) is 32.4 Å². The summed E-state index contributed by atoms with van der Waals surface area (Å²) in [5, 5.41) is 6.99. The molecule has 0 fully saturated rings. The van der Waals surface area contributed by atoms with Crippen LogP contribution >= 0.6 is 0 Å². The molecule has 0 aliphatic carbocycles. The maximum Gasteiger partial charge on any atom is 0.257 e. The molecule has 0 saturated carbocycles. The summed E-state index contributed by atoms with van der Waals surface area (Å²) >= 11 is 0. The number of pyridine rings is 1. The molecule has 0 bridgehead atoms. The molecule has 27 heavy (non-hydrogen) atoms. The van der Waals surface area contributed by atoms with Gasteiger partial charge in [0.2, 0.25) is 0 Å². The molecule has 0 saturated heterocycles. The van der Waals surface area contributed by atoms with Crippen molar-refractivity contribution in [3.63, 3.8) is 0 Å². The van der Waals surface area contributed by atoms with Gasteiger partial charge >= 0.3 is 0 Å². The topological polar surface area (TPSA) is 71.3 Å². The number of hydrogen-bond donors (Lipinski definition) is 1. The van der Waals surface area contributed by atoms with Crippen LogP contribution in [-0.4, -0.2) is 29.1 Å². The molecule has 0 radical (unpaired) electrons. The van der Waals surface area contributed by atoms with Gasteiger partial charge in [-0.3, -0.25) is 4.79 Å². The van der Waals surface area contributed by atoms with Crippen molar-refractivity contribution in [1.82, 2.24) is 15.5 Å². The zero-order valence-electron chi connectivity index (χ0n) is 15.9. The van der Waals surface area contributed by atoms with Gasteiger partial charge < -0.3 is 14.7 Å². The highest BCUT2D eigenvalue weighted by Gasteiger charge is 2.21. The van der Waals surface area contributed by atoms with Crippen LogP contribution in [-0.2, 0) is 6.54 Å². The molecule has 0 atom stereocenters. The van der Waals surface area contributed by atoms with Crippen LogP contribution in [0.1, 0.15) is 35.5 Å². The van der Waals surface area contributed by atoms with E-state index in [1.165, 1.54) is 0 Å². The molecular formula is C21H24N4O2. The van der Waals surface area contributed by atoms with Gasteiger partial charge in [0.05, 0.1) is 0 Å². The number of carbonyl (C=O) groups is 1. The zero-order chi connectivity index (χ0) is 19.2. The highest BCUT2D eigenvalue weighted by molar-refractivity contribution is 6.00. The van der Waals surface area contributed by atoms with E-state index in [1.807, 2.05) is 42.5 Å². The summed E-state index contributed by atoms with van der Waals surface area (Å²) in [5.74, 6) is 1.23. The standard InChI is InChI=1S/C21H24N4O2/c1-4-25(5-2)18-12-11-16(13-22-18)14-23-21(26)19-15(3)27-24-20(19)17-9-7-6-8-10-17/h6-13H,4-5,14H2,1-3H3,(H,23,26). The molecule has 0 aliphatic rings. The average molecular weight is 364 g/mol. The third-order valence-electron chi connectivity index (χ3n) is 4.49. The normalized spacial score (nSPS) is 10.6. The molecule has 2 aromatic heterocycles. The second-order valence-corrected chi connectivity index (χ2v) is 6.21. The van der Waals surface area contributed by atoms with E-state index in [0.717, 1.165) is 30.0 Å². The average Bonchev–Trinajstić information content (AvgIpc) is 3.10. The summed E-state index contributed by atoms with van der Waals surface area (Å²) in [5.41, 5.74) is 2.81. The number of aryl methyl sites for hydroxylation is 1. The van der Waals surface area contributed by atoms with Crippen molar-refractivity contribution >= 4 is 11.7 Å². The summed E-state index contributed by atoms with van der Waals surface area (Å²) in [6.07, 6.45) is 1.80. The minimum Gasteiger partial charge on any atom is -0.360 e. The maximum absolute atomic E-state index is 12.7. The van der Waals surface area contributed by atoms with Gasteiger partial charge in [0, 0.05) is 31.4 Å². The number of nitrogens with one attached hydrogen (secondary N) is 1. The predicted octanol–water partition coefficient (Wildman–Crippen LogP) is 3.82. The Morgan fingerprint density at radius 3 is 2.48 bits per heavy atom. The Morgan fingerprint density at radius 2 is 1.85 bits per heavy atom. The number of hydrogen-bond acceptors (Lipinski definition) is 5. The van der Waals surface area contributed by atoms with Crippen molar-refractivity contribution in [3.8, 4) is 11.3 Å². The van der Waals surface area contributed by atoms with E-state index in [0.29, 0.717) is 23.6 Å². The quantitative estimate of drug-likeness (QED) is 0.690. The first-order valence-electron chi connectivity index (χ1n) is 9.13. The second-order valence-electron chi connectivity index (χ2n) is 6.21. The van der Waals surface area contributed by atoms with Crippen LogP contribution < -0.4 is 10.2 Å². The van der Waals surface area contributed by atoms with Crippen LogP contribution in [0.2, 0.25) is 0 Å². The number of anilines is 1. The number of amides is 1. The molecule has 3 aromatic rings. The lowest BCUT2D eigenvalue weighted by molar-refractivity contribution is 0.0950. The Kier molecular flexibility index (Phi) is 5.86. The third kappa shape index (κ3) is 4.16. The first-order chi connectivity index (χ1) is 13.1. The molecule has 1 N–H and O–H groups in total. The molecule has 2 heterocycles. The van der Waals surface area contributed by atoms with E-state index < -0.39 is 0 Å². The van der Waals surface area contributed by atoms with E-state index in [-0.39, 0.29) is 5.91 Å². The van der Waals surface area contributed by atoms with E-state index in [9.17, 15) is 4.79 Å². The molecule has 140 valence electrons. The van der Waals surface area contributed by atoms with Crippen LogP contribution in [0.3, 0.4) is 0 Å². The van der Waals surface area contributed by atoms with E-state index in [2.05, 4.69) is 34.2 Å². The highest BCUT2D eigenvalue weighted by Crippen LogP contribution is 2.25. The zero-order valence-corrected chi connectivity index (χ0v) is 15.9. The largest absolute Gasteiger partial charge is 0.360 e. The molecule has 0 unspecified atom stereocenters. The summed E-state index contributed by atoms with van der Waals surface area (Å²) < 4.78 is 5.26. The molecule has 1 aromatic carbocycles. The minimum absolute atomic E-state index is 0.208. The van der Waals surface area contributed by atoms with Gasteiger partial charge in [-0.15, -0.1) is 0 Å². The second kappa shape index (κ2) is 8.49. The van der Waals surface area contributed by atoms with E-state index in [1.54, 1.807) is 13.1 Å². The monoisotopic (exact) mass is 364 g/mol. The third-order valence-corrected chi connectivity index (χ3v) is 4.49. The van der Waals surface area contributed by atoms with Gasteiger partial charge in [0.25, 0.3) is 5.91 Å². The Morgan fingerprint density at radius 1 is 1.11 bits per heavy atom. The van der Waals surface area contributed by atoms with Gasteiger partial charge in [-0.25, -0.2) is 4.98 Å². The number of aromatic nitrogens is 2. The molecule has 1 amide bonds. The number of benzene rings is 1. The predicted molar refractivity (Wildman–Crippen MR) is 106 cm³/mol. The smallest absolute Gasteiger partial charge is 0.257 e. The summed E-state index contributed by atoms with van der Waals surface area (Å²) in [6, 6.07) is 13.5. The van der Waals surface area contributed by atoms with Crippen LogP contribution in [0.4, 0.5) is 5.82 Å². The molecule has 6 nitrogen and oxygen atoms in total. The van der Waals surface area contributed by atoms with Crippen LogP contribution in [0.5, 0.6) is 0 Å². The Hall–Kier alpha value is -3.15. The summed E-state index contributed by atoms with van der Waals surface area (Å²) in [4.78, 5) is 19.4. The number of nitrogens with zero attached hydrogens (tertiary/aromatic N) is 3.